The Balaban J connectivity index is 1.43. The molecule has 2 aromatic heterocycles. The molecule has 0 saturated carbocycles. The monoisotopic (exact) mass is 444 g/mol. The van der Waals surface area contributed by atoms with Gasteiger partial charge in [-0.05, 0) is 61.9 Å². The number of nitrogens with zero attached hydrogens (tertiary/aromatic N) is 4. The molecular formula is C26H25FN4O2. The van der Waals surface area contributed by atoms with Gasteiger partial charge in [0.15, 0.2) is 5.76 Å². The third kappa shape index (κ3) is 4.14. The van der Waals surface area contributed by atoms with Crippen LogP contribution in [0.15, 0.2) is 71.1 Å². The molecule has 33 heavy (non-hydrogen) atoms. The van der Waals surface area contributed by atoms with E-state index in [0.29, 0.717) is 35.9 Å². The lowest BCUT2D eigenvalue weighted by Crippen LogP contribution is -2.49. The average Bonchev–Trinajstić information content (AvgIpc) is 3.46. The number of aromatic nitrogens is 2. The molecule has 4 aromatic rings. The molecule has 5 rings (SSSR count). The molecule has 0 bridgehead atoms. The fourth-order valence-electron chi connectivity index (χ4n) is 4.24. The first-order valence-corrected chi connectivity index (χ1v) is 11.0. The van der Waals surface area contributed by atoms with Gasteiger partial charge in [-0.1, -0.05) is 18.2 Å². The number of hydrogen-bond acceptors (Lipinski definition) is 4. The first-order chi connectivity index (χ1) is 16.0. The molecule has 3 heterocycles. The molecule has 7 heteroatoms. The molecule has 2 aromatic carbocycles. The maximum absolute atomic E-state index is 13.6. The summed E-state index contributed by atoms with van der Waals surface area (Å²) in [5.74, 6) is 0.909. The maximum atomic E-state index is 13.6. The van der Waals surface area contributed by atoms with Crippen LogP contribution >= 0.6 is 0 Å². The van der Waals surface area contributed by atoms with Crippen LogP contribution in [0.3, 0.4) is 0 Å². The van der Waals surface area contributed by atoms with Crippen molar-refractivity contribution < 1.29 is 13.6 Å². The second-order valence-corrected chi connectivity index (χ2v) is 8.28. The van der Waals surface area contributed by atoms with Gasteiger partial charge in [-0.25, -0.2) is 9.07 Å². The Morgan fingerprint density at radius 2 is 1.67 bits per heavy atom. The van der Waals surface area contributed by atoms with E-state index in [0.717, 1.165) is 18.8 Å². The Kier molecular flexibility index (Phi) is 5.46. The number of benzene rings is 2. The Hall–Kier alpha value is -3.87. The molecular weight excluding hydrogens is 419 g/mol. The first-order valence-electron chi connectivity index (χ1n) is 11.0. The van der Waals surface area contributed by atoms with Crippen LogP contribution < -0.4 is 4.90 Å². The number of rotatable bonds is 4. The predicted molar refractivity (Wildman–Crippen MR) is 125 cm³/mol. The number of piperazine rings is 1. The maximum Gasteiger partial charge on any atom is 0.272 e. The zero-order valence-electron chi connectivity index (χ0n) is 18.7. The van der Waals surface area contributed by atoms with Gasteiger partial charge < -0.3 is 14.2 Å². The highest BCUT2D eigenvalue weighted by molar-refractivity contribution is 5.94. The molecule has 6 nitrogen and oxygen atoms in total. The summed E-state index contributed by atoms with van der Waals surface area (Å²) in [5.41, 5.74) is 4.04. The Morgan fingerprint density at radius 3 is 2.33 bits per heavy atom. The summed E-state index contributed by atoms with van der Waals surface area (Å²) in [6.45, 7) is 6.69. The fourth-order valence-corrected chi connectivity index (χ4v) is 4.24. The van der Waals surface area contributed by atoms with Gasteiger partial charge in [0.2, 0.25) is 0 Å². The fraction of sp³-hybridized carbons (Fsp3) is 0.231. The van der Waals surface area contributed by atoms with Crippen molar-refractivity contribution in [1.82, 2.24) is 14.7 Å². The quantitative estimate of drug-likeness (QED) is 0.452. The van der Waals surface area contributed by atoms with Crippen LogP contribution in [0.1, 0.15) is 21.8 Å². The highest BCUT2D eigenvalue weighted by Crippen LogP contribution is 2.26. The third-order valence-electron chi connectivity index (χ3n) is 6.02. The zero-order chi connectivity index (χ0) is 22.9. The van der Waals surface area contributed by atoms with E-state index < -0.39 is 0 Å². The molecule has 0 unspecified atom stereocenters. The number of anilines is 1. The van der Waals surface area contributed by atoms with Crippen molar-refractivity contribution in [2.75, 3.05) is 31.1 Å². The Labute approximate surface area is 191 Å². The lowest BCUT2D eigenvalue weighted by atomic mass is 10.1. The number of carbonyl (C=O) groups excluding carboxylic acids is 1. The summed E-state index contributed by atoms with van der Waals surface area (Å²) >= 11 is 0. The van der Waals surface area contributed by atoms with Gasteiger partial charge >= 0.3 is 0 Å². The number of carbonyl (C=O) groups is 1. The van der Waals surface area contributed by atoms with E-state index in [-0.39, 0.29) is 11.7 Å². The van der Waals surface area contributed by atoms with Gasteiger partial charge in [-0.2, -0.15) is 5.10 Å². The zero-order valence-corrected chi connectivity index (χ0v) is 18.7. The van der Waals surface area contributed by atoms with Crippen molar-refractivity contribution in [3.63, 3.8) is 0 Å². The summed E-state index contributed by atoms with van der Waals surface area (Å²) in [5, 5.41) is 4.63. The van der Waals surface area contributed by atoms with Crippen molar-refractivity contribution in [2.24, 2.45) is 0 Å². The summed E-state index contributed by atoms with van der Waals surface area (Å²) in [6, 6.07) is 19.7. The Bertz CT molecular complexity index is 1280. The minimum Gasteiger partial charge on any atom is -0.460 e. The molecule has 1 fully saturated rings. The number of para-hydroxylation sites is 1. The molecule has 0 N–H and O–H groups in total. The van der Waals surface area contributed by atoms with Crippen LogP contribution in [0.4, 0.5) is 10.1 Å². The number of halogens is 1. The number of hydrogen-bond donors (Lipinski definition) is 0. The average molecular weight is 445 g/mol. The SMILES string of the molecule is Cc1ccc(-c2cc(C(=O)N3CCN(c4ccccc4C)CC3)n(-c3ccc(F)cc3)n2)o1. The van der Waals surface area contributed by atoms with Gasteiger partial charge in [0.05, 0.1) is 5.69 Å². The number of amides is 1. The van der Waals surface area contributed by atoms with Crippen LogP contribution in [-0.4, -0.2) is 46.8 Å². The van der Waals surface area contributed by atoms with Crippen LogP contribution in [0.5, 0.6) is 0 Å². The summed E-state index contributed by atoms with van der Waals surface area (Å²) < 4.78 is 20.8. The van der Waals surface area contributed by atoms with Gasteiger partial charge in [-0.3, -0.25) is 4.79 Å². The molecule has 1 amide bonds. The summed E-state index contributed by atoms with van der Waals surface area (Å²) in [6.07, 6.45) is 0. The van der Waals surface area contributed by atoms with Gasteiger partial charge in [0, 0.05) is 37.9 Å². The van der Waals surface area contributed by atoms with Crippen molar-refractivity contribution in [2.45, 2.75) is 13.8 Å². The lowest BCUT2D eigenvalue weighted by molar-refractivity contribution is 0.0737. The van der Waals surface area contributed by atoms with Gasteiger partial charge in [0.1, 0.15) is 23.0 Å². The predicted octanol–water partition coefficient (Wildman–Crippen LogP) is 4.85. The second-order valence-electron chi connectivity index (χ2n) is 8.28. The number of furan rings is 1. The minimum atomic E-state index is -0.340. The molecule has 1 saturated heterocycles. The first kappa shape index (κ1) is 21.0. The topological polar surface area (TPSA) is 54.5 Å². The van der Waals surface area contributed by atoms with E-state index in [2.05, 4.69) is 29.1 Å². The Morgan fingerprint density at radius 1 is 0.939 bits per heavy atom. The van der Waals surface area contributed by atoms with Crippen molar-refractivity contribution in [1.29, 1.82) is 0 Å². The highest BCUT2D eigenvalue weighted by atomic mass is 19.1. The summed E-state index contributed by atoms with van der Waals surface area (Å²) in [4.78, 5) is 17.7. The highest BCUT2D eigenvalue weighted by Gasteiger charge is 2.27. The molecule has 1 aliphatic heterocycles. The van der Waals surface area contributed by atoms with Gasteiger partial charge in [-0.15, -0.1) is 0 Å². The molecule has 168 valence electrons. The van der Waals surface area contributed by atoms with E-state index in [1.165, 1.54) is 23.4 Å². The van der Waals surface area contributed by atoms with Crippen molar-refractivity contribution in [3.8, 4) is 17.1 Å². The van der Waals surface area contributed by atoms with Crippen LogP contribution in [0.25, 0.3) is 17.1 Å². The standard InChI is InChI=1S/C26H25FN4O2/c1-18-5-3-4-6-23(18)29-13-15-30(16-14-29)26(32)24-17-22(25-12-7-19(2)33-25)28-31(24)21-10-8-20(27)9-11-21/h3-12,17H,13-16H2,1-2H3. The van der Waals surface area contributed by atoms with Crippen molar-refractivity contribution in [3.05, 3.63) is 89.6 Å². The molecule has 0 radical (unpaired) electrons. The lowest BCUT2D eigenvalue weighted by Gasteiger charge is -2.36. The van der Waals surface area contributed by atoms with E-state index >= 15 is 0 Å². The largest absolute Gasteiger partial charge is 0.460 e. The minimum absolute atomic E-state index is 0.106. The molecule has 1 aliphatic rings. The van der Waals surface area contributed by atoms with E-state index in [9.17, 15) is 9.18 Å². The molecule has 0 spiro atoms. The molecule has 0 aliphatic carbocycles. The summed E-state index contributed by atoms with van der Waals surface area (Å²) in [7, 11) is 0. The van der Waals surface area contributed by atoms with Crippen LogP contribution in [0, 0.1) is 19.7 Å². The smallest absolute Gasteiger partial charge is 0.272 e. The van der Waals surface area contributed by atoms with E-state index in [4.69, 9.17) is 4.42 Å². The number of aryl methyl sites for hydroxylation is 2. The van der Waals surface area contributed by atoms with Crippen LogP contribution in [-0.2, 0) is 0 Å². The van der Waals surface area contributed by atoms with E-state index in [1.54, 1.807) is 22.9 Å². The van der Waals surface area contributed by atoms with Crippen LogP contribution in [0.2, 0.25) is 0 Å². The van der Waals surface area contributed by atoms with E-state index in [1.807, 2.05) is 36.1 Å². The normalized spacial score (nSPS) is 14.0. The second kappa shape index (κ2) is 8.58. The molecule has 0 atom stereocenters. The third-order valence-corrected chi connectivity index (χ3v) is 6.02. The van der Waals surface area contributed by atoms with Gasteiger partial charge in [0.25, 0.3) is 5.91 Å². The van der Waals surface area contributed by atoms with Crippen molar-refractivity contribution >= 4 is 11.6 Å².